The van der Waals surface area contributed by atoms with Crippen LogP contribution in [-0.4, -0.2) is 55.1 Å². The molecule has 6 unspecified atom stereocenters. The molecule has 150 valence electrons. The number of carbonyl (C=O) groups is 4. The number of benzene rings is 1. The summed E-state index contributed by atoms with van der Waals surface area (Å²) < 4.78 is 5.68. The number of amides is 1. The first-order valence-corrected chi connectivity index (χ1v) is 8.86. The van der Waals surface area contributed by atoms with Crippen LogP contribution in [0.15, 0.2) is 29.5 Å². The van der Waals surface area contributed by atoms with Gasteiger partial charge in [-0.1, -0.05) is 12.1 Å². The summed E-state index contributed by atoms with van der Waals surface area (Å²) in [6, 6.07) is 4.14. The van der Waals surface area contributed by atoms with Crippen molar-refractivity contribution in [1.82, 2.24) is 0 Å². The number of hydrogen-bond acceptors (Lipinski definition) is 9. The van der Waals surface area contributed by atoms with Crippen molar-refractivity contribution in [2.45, 2.75) is 23.9 Å². The smallest absolute Gasteiger partial charge is 0.256 e. The molecular weight excluding hydrogens is 386 g/mol. The number of nitrogens with two attached hydrogens (primary N) is 1. The Labute approximate surface area is 162 Å². The van der Waals surface area contributed by atoms with Gasteiger partial charge in [0.15, 0.2) is 22.9 Å². The Morgan fingerprint density at radius 1 is 1.17 bits per heavy atom. The number of Topliss-reactive ketones (excluding diaryl/α,β-unsaturated/α-hetero) is 3. The third-order valence-corrected chi connectivity index (χ3v) is 6.57. The summed E-state index contributed by atoms with van der Waals surface area (Å²) >= 11 is 0. The van der Waals surface area contributed by atoms with E-state index in [1.165, 1.54) is 18.2 Å². The zero-order valence-electron chi connectivity index (χ0n) is 14.7. The highest BCUT2D eigenvalue weighted by atomic mass is 16.6. The molecule has 6 atom stereocenters. The second-order valence-electron chi connectivity index (χ2n) is 7.82. The van der Waals surface area contributed by atoms with Crippen LogP contribution in [0.2, 0.25) is 0 Å². The van der Waals surface area contributed by atoms with Crippen molar-refractivity contribution in [3.8, 4) is 5.75 Å². The molecule has 3 aliphatic carbocycles. The standard InChI is InChI=1S/C19H15NO9/c20-17(26)11-15(24)18(27)8-4-6-10(14(18)23)12(22)9-5(2-1-3-7(9)21)13(6)29-19(8,28)16(11)25/h1-3,6,8,10,13,21,25,27-28H,4H2,(H2,20,26). The average molecular weight is 401 g/mol. The van der Waals surface area contributed by atoms with Crippen LogP contribution in [0, 0.1) is 17.8 Å². The molecule has 2 bridgehead atoms. The number of hydrogen-bond donors (Lipinski definition) is 5. The maximum atomic E-state index is 13.2. The van der Waals surface area contributed by atoms with Gasteiger partial charge in [-0.3, -0.25) is 19.2 Å². The van der Waals surface area contributed by atoms with Gasteiger partial charge in [0.1, 0.15) is 11.3 Å². The van der Waals surface area contributed by atoms with Crippen molar-refractivity contribution >= 4 is 23.3 Å². The van der Waals surface area contributed by atoms with Crippen molar-refractivity contribution in [2.75, 3.05) is 0 Å². The Balaban J connectivity index is 1.85. The predicted octanol–water partition coefficient (Wildman–Crippen LogP) is -1.22. The Kier molecular flexibility index (Phi) is 3.16. The van der Waals surface area contributed by atoms with E-state index in [0.717, 1.165) is 0 Å². The third-order valence-electron chi connectivity index (χ3n) is 6.57. The highest BCUT2D eigenvalue weighted by Crippen LogP contribution is 2.61. The minimum Gasteiger partial charge on any atom is -0.507 e. The van der Waals surface area contributed by atoms with Gasteiger partial charge in [-0.05, 0) is 18.1 Å². The van der Waals surface area contributed by atoms with Gasteiger partial charge in [-0.25, -0.2) is 0 Å². The first-order valence-electron chi connectivity index (χ1n) is 8.86. The molecule has 1 aliphatic heterocycles. The molecule has 0 spiro atoms. The van der Waals surface area contributed by atoms with Gasteiger partial charge in [0.25, 0.3) is 5.91 Å². The largest absolute Gasteiger partial charge is 0.507 e. The lowest BCUT2D eigenvalue weighted by Gasteiger charge is -2.59. The molecule has 6 N–H and O–H groups in total. The van der Waals surface area contributed by atoms with E-state index in [4.69, 9.17) is 10.5 Å². The second kappa shape index (κ2) is 5.09. The number of ether oxygens (including phenoxy) is 1. The summed E-state index contributed by atoms with van der Waals surface area (Å²) in [5.74, 6) is -13.4. The van der Waals surface area contributed by atoms with Crippen LogP contribution in [0.3, 0.4) is 0 Å². The molecule has 10 heteroatoms. The molecule has 1 saturated carbocycles. The minimum absolute atomic E-state index is 0.187. The van der Waals surface area contributed by atoms with Gasteiger partial charge in [-0.15, -0.1) is 0 Å². The number of aromatic hydroxyl groups is 1. The van der Waals surface area contributed by atoms with Crippen LogP contribution in [-0.2, 0) is 19.1 Å². The lowest BCUT2D eigenvalue weighted by molar-refractivity contribution is -0.326. The predicted molar refractivity (Wildman–Crippen MR) is 90.1 cm³/mol. The van der Waals surface area contributed by atoms with E-state index in [2.05, 4.69) is 0 Å². The number of phenols is 1. The van der Waals surface area contributed by atoms with Crippen molar-refractivity contribution in [3.63, 3.8) is 0 Å². The molecule has 1 saturated heterocycles. The summed E-state index contributed by atoms with van der Waals surface area (Å²) in [6.45, 7) is 0. The average Bonchev–Trinajstić information content (AvgIpc) is 2.65. The van der Waals surface area contributed by atoms with E-state index in [9.17, 15) is 39.6 Å². The lowest BCUT2D eigenvalue weighted by Crippen LogP contribution is -2.74. The van der Waals surface area contributed by atoms with Crippen LogP contribution in [0.25, 0.3) is 0 Å². The van der Waals surface area contributed by atoms with Gasteiger partial charge in [0.2, 0.25) is 11.6 Å². The number of phenolic OH excluding ortho intramolecular Hbond substituents is 1. The number of rotatable bonds is 1. The van der Waals surface area contributed by atoms with Crippen LogP contribution >= 0.6 is 0 Å². The fourth-order valence-corrected chi connectivity index (χ4v) is 5.31. The Bertz CT molecular complexity index is 1090. The summed E-state index contributed by atoms with van der Waals surface area (Å²) in [5.41, 5.74) is 0.961. The first-order chi connectivity index (χ1) is 13.5. The number of ketones is 3. The quantitative estimate of drug-likeness (QED) is 0.284. The van der Waals surface area contributed by atoms with Crippen LogP contribution in [0.1, 0.15) is 28.4 Å². The van der Waals surface area contributed by atoms with E-state index >= 15 is 0 Å². The first kappa shape index (κ1) is 18.0. The molecule has 0 radical (unpaired) electrons. The summed E-state index contributed by atoms with van der Waals surface area (Å²) in [5, 5.41) is 42.9. The van der Waals surface area contributed by atoms with Gasteiger partial charge < -0.3 is 30.9 Å². The molecule has 5 rings (SSSR count). The number of primary amides is 1. The van der Waals surface area contributed by atoms with E-state index in [1.807, 2.05) is 0 Å². The zero-order valence-corrected chi connectivity index (χ0v) is 14.7. The van der Waals surface area contributed by atoms with Crippen molar-refractivity contribution < 1.29 is 44.3 Å². The molecule has 0 aromatic heterocycles. The van der Waals surface area contributed by atoms with E-state index in [1.54, 1.807) is 0 Å². The molecule has 4 aliphatic rings. The molecule has 29 heavy (non-hydrogen) atoms. The number of aliphatic hydroxyl groups excluding tert-OH is 1. The second-order valence-corrected chi connectivity index (χ2v) is 7.82. The van der Waals surface area contributed by atoms with E-state index in [0.29, 0.717) is 0 Å². The normalized spacial score (nSPS) is 40.0. The highest BCUT2D eigenvalue weighted by Gasteiger charge is 2.75. The summed E-state index contributed by atoms with van der Waals surface area (Å²) in [6.07, 6.45) is -1.35. The van der Waals surface area contributed by atoms with Gasteiger partial charge >= 0.3 is 0 Å². The van der Waals surface area contributed by atoms with E-state index in [-0.39, 0.29) is 17.5 Å². The lowest BCUT2D eigenvalue weighted by atomic mass is 9.51. The molecule has 1 amide bonds. The number of carbonyl (C=O) groups excluding carboxylic acids is 4. The molecule has 1 heterocycles. The van der Waals surface area contributed by atoms with E-state index < -0.39 is 75.6 Å². The third kappa shape index (κ3) is 1.77. The highest BCUT2D eigenvalue weighted by molar-refractivity contribution is 6.32. The van der Waals surface area contributed by atoms with Crippen molar-refractivity contribution in [2.24, 2.45) is 23.5 Å². The van der Waals surface area contributed by atoms with Crippen LogP contribution in [0.5, 0.6) is 5.75 Å². The molecule has 2 fully saturated rings. The molecule has 1 aromatic rings. The van der Waals surface area contributed by atoms with Gasteiger partial charge in [-0.2, -0.15) is 0 Å². The van der Waals surface area contributed by atoms with Gasteiger partial charge in [0.05, 0.1) is 23.5 Å². The maximum Gasteiger partial charge on any atom is 0.256 e. The Hall–Kier alpha value is -3.08. The fraction of sp³-hybridized carbons (Fsp3) is 0.368. The number of aliphatic hydroxyl groups is 3. The van der Waals surface area contributed by atoms with Crippen molar-refractivity contribution in [1.29, 1.82) is 0 Å². The molecular formula is C19H15NO9. The maximum absolute atomic E-state index is 13.2. The minimum atomic E-state index is -2.99. The topological polar surface area (TPSA) is 184 Å². The van der Waals surface area contributed by atoms with Crippen LogP contribution in [0.4, 0.5) is 0 Å². The van der Waals surface area contributed by atoms with Gasteiger partial charge in [0, 0.05) is 5.92 Å². The summed E-state index contributed by atoms with van der Waals surface area (Å²) in [4.78, 5) is 50.9. The van der Waals surface area contributed by atoms with Crippen molar-refractivity contribution in [3.05, 3.63) is 40.7 Å². The SMILES string of the molecule is NC(=O)C1=C(O)C2(O)OC3c4cccc(O)c4C(=O)C4C(=O)C(O)(C1=O)C2CC43. The monoisotopic (exact) mass is 401 g/mol. The Morgan fingerprint density at radius 2 is 1.86 bits per heavy atom. The summed E-state index contributed by atoms with van der Waals surface area (Å²) in [7, 11) is 0. The Morgan fingerprint density at radius 3 is 2.52 bits per heavy atom. The molecule has 1 aromatic carbocycles. The molecule has 10 nitrogen and oxygen atoms in total. The number of fused-ring (bicyclic) bond motifs is 2. The fourth-order valence-electron chi connectivity index (χ4n) is 5.31. The zero-order chi connectivity index (χ0) is 21.0. The van der Waals surface area contributed by atoms with Crippen LogP contribution < -0.4 is 5.73 Å².